The van der Waals surface area contributed by atoms with Gasteiger partial charge in [-0.3, -0.25) is 9.78 Å². The van der Waals surface area contributed by atoms with Gasteiger partial charge < -0.3 is 15.3 Å². The molecule has 1 saturated heterocycles. The van der Waals surface area contributed by atoms with Crippen LogP contribution in [0.15, 0.2) is 54.9 Å². The van der Waals surface area contributed by atoms with Crippen molar-refractivity contribution in [3.63, 3.8) is 0 Å². The second-order valence-electron chi connectivity index (χ2n) is 8.38. The van der Waals surface area contributed by atoms with Crippen molar-refractivity contribution in [1.29, 1.82) is 0 Å². The van der Waals surface area contributed by atoms with E-state index in [1.54, 1.807) is 24.5 Å². The summed E-state index contributed by atoms with van der Waals surface area (Å²) in [5.41, 5.74) is 2.45. The van der Waals surface area contributed by atoms with Crippen LogP contribution in [0.25, 0.3) is 0 Å². The number of carbonyl (C=O) groups excluding carboxylic acids is 1. The number of carbonyl (C=O) groups is 1. The number of amides is 1. The number of hydrogen-bond acceptors (Lipinski definition) is 6. The largest absolute Gasteiger partial charge is 0.388 e. The first-order valence-corrected chi connectivity index (χ1v) is 11.2. The molecule has 33 heavy (non-hydrogen) atoms. The Bertz CT molecular complexity index is 1080. The van der Waals surface area contributed by atoms with Crippen molar-refractivity contribution in [2.24, 2.45) is 0 Å². The van der Waals surface area contributed by atoms with Crippen LogP contribution >= 0.6 is 0 Å². The van der Waals surface area contributed by atoms with E-state index >= 15 is 0 Å². The Hall–Kier alpha value is -3.39. The minimum Gasteiger partial charge on any atom is -0.388 e. The van der Waals surface area contributed by atoms with E-state index in [1.165, 1.54) is 12.1 Å². The monoisotopic (exact) mass is 449 g/mol. The van der Waals surface area contributed by atoms with E-state index in [1.807, 2.05) is 30.0 Å². The molecule has 1 atom stereocenters. The summed E-state index contributed by atoms with van der Waals surface area (Å²) < 4.78 is 13.0. The lowest BCUT2D eigenvalue weighted by molar-refractivity contribution is -0.132. The molecule has 0 unspecified atom stereocenters. The average molecular weight is 450 g/mol. The van der Waals surface area contributed by atoms with Crippen LogP contribution in [-0.2, 0) is 4.79 Å². The molecule has 3 heterocycles. The molecule has 2 N–H and O–H groups in total. The van der Waals surface area contributed by atoms with Crippen molar-refractivity contribution in [2.45, 2.75) is 44.6 Å². The van der Waals surface area contributed by atoms with Gasteiger partial charge in [0.15, 0.2) is 0 Å². The third-order valence-electron chi connectivity index (χ3n) is 5.95. The van der Waals surface area contributed by atoms with Crippen LogP contribution in [0, 0.1) is 12.7 Å². The van der Waals surface area contributed by atoms with Crippen LogP contribution in [0.1, 0.15) is 54.7 Å². The molecular weight excluding hydrogens is 421 g/mol. The van der Waals surface area contributed by atoms with Gasteiger partial charge in [-0.05, 0) is 56.0 Å². The molecule has 172 valence electrons. The van der Waals surface area contributed by atoms with E-state index in [0.717, 1.165) is 30.0 Å². The number of halogens is 1. The smallest absolute Gasteiger partial charge is 0.222 e. The summed E-state index contributed by atoms with van der Waals surface area (Å²) in [5.74, 6) is 1.30. The molecule has 2 aromatic heterocycles. The van der Waals surface area contributed by atoms with Crippen LogP contribution < -0.4 is 5.32 Å². The molecular formula is C25H28FN5O2. The zero-order valence-electron chi connectivity index (χ0n) is 18.6. The summed E-state index contributed by atoms with van der Waals surface area (Å²) in [5, 5.41) is 13.5. The Labute approximate surface area is 192 Å². The molecule has 1 aliphatic rings. The minimum atomic E-state index is -0.777. The molecule has 7 nitrogen and oxygen atoms in total. The van der Waals surface area contributed by atoms with Crippen molar-refractivity contribution >= 4 is 17.5 Å². The van der Waals surface area contributed by atoms with E-state index in [2.05, 4.69) is 15.3 Å². The molecule has 1 fully saturated rings. The molecule has 0 saturated carbocycles. The minimum absolute atomic E-state index is 0.0293. The Morgan fingerprint density at radius 2 is 1.88 bits per heavy atom. The molecule has 1 aromatic carbocycles. The lowest BCUT2D eigenvalue weighted by Gasteiger charge is -2.32. The number of nitrogens with zero attached hydrogens (tertiary/aromatic N) is 4. The number of likely N-dealkylation sites (tertiary alicyclic amines) is 1. The first-order valence-electron chi connectivity index (χ1n) is 11.2. The second-order valence-corrected chi connectivity index (χ2v) is 8.38. The third-order valence-corrected chi connectivity index (χ3v) is 5.95. The van der Waals surface area contributed by atoms with E-state index in [9.17, 15) is 14.3 Å². The van der Waals surface area contributed by atoms with Crippen LogP contribution in [-0.4, -0.2) is 44.0 Å². The van der Waals surface area contributed by atoms with E-state index in [4.69, 9.17) is 4.98 Å². The number of hydrogen-bond donors (Lipinski definition) is 2. The second kappa shape index (κ2) is 10.5. The summed E-state index contributed by atoms with van der Waals surface area (Å²) in [6.07, 6.45) is 4.89. The number of aryl methyl sites for hydroxylation is 1. The molecule has 4 rings (SSSR count). The summed E-state index contributed by atoms with van der Waals surface area (Å²) in [6, 6.07) is 11.5. The molecule has 3 aromatic rings. The van der Waals surface area contributed by atoms with Crippen molar-refractivity contribution in [3.05, 3.63) is 77.6 Å². The predicted molar refractivity (Wildman–Crippen MR) is 123 cm³/mol. The van der Waals surface area contributed by atoms with Crippen molar-refractivity contribution in [1.82, 2.24) is 19.9 Å². The SMILES string of the molecule is Cc1cccc(Nc2cncc(C3CCN(C(=O)CC[C@H](O)c4ccc(F)cc4)CC3)n2)n1. The van der Waals surface area contributed by atoms with Gasteiger partial charge in [0.2, 0.25) is 5.91 Å². The average Bonchev–Trinajstić information content (AvgIpc) is 2.83. The van der Waals surface area contributed by atoms with Crippen molar-refractivity contribution in [2.75, 3.05) is 18.4 Å². The predicted octanol–water partition coefficient (Wildman–Crippen LogP) is 4.28. The van der Waals surface area contributed by atoms with E-state index in [0.29, 0.717) is 30.9 Å². The highest BCUT2D eigenvalue weighted by Gasteiger charge is 2.25. The Kier molecular flexibility index (Phi) is 7.24. The quantitative estimate of drug-likeness (QED) is 0.559. The van der Waals surface area contributed by atoms with E-state index in [-0.39, 0.29) is 24.1 Å². The maximum Gasteiger partial charge on any atom is 0.222 e. The molecule has 1 amide bonds. The van der Waals surface area contributed by atoms with Crippen LogP contribution in [0.3, 0.4) is 0 Å². The molecule has 0 bridgehead atoms. The topological polar surface area (TPSA) is 91.2 Å². The number of anilines is 2. The number of rotatable bonds is 7. The Balaban J connectivity index is 1.27. The number of aliphatic hydroxyl groups is 1. The number of pyridine rings is 1. The molecule has 8 heteroatoms. The van der Waals surface area contributed by atoms with Crippen LogP contribution in [0.2, 0.25) is 0 Å². The fourth-order valence-electron chi connectivity index (χ4n) is 4.08. The highest BCUT2D eigenvalue weighted by atomic mass is 19.1. The maximum absolute atomic E-state index is 13.0. The molecule has 0 aliphatic carbocycles. The zero-order valence-corrected chi connectivity index (χ0v) is 18.6. The normalized spacial score (nSPS) is 15.3. The third kappa shape index (κ3) is 6.10. The summed E-state index contributed by atoms with van der Waals surface area (Å²) in [4.78, 5) is 28.0. The van der Waals surface area contributed by atoms with Gasteiger partial charge in [0, 0.05) is 37.3 Å². The van der Waals surface area contributed by atoms with Crippen LogP contribution in [0.5, 0.6) is 0 Å². The fourth-order valence-corrected chi connectivity index (χ4v) is 4.08. The highest BCUT2D eigenvalue weighted by molar-refractivity contribution is 5.76. The number of piperidine rings is 1. The first kappa shape index (κ1) is 22.8. The molecule has 0 spiro atoms. The summed E-state index contributed by atoms with van der Waals surface area (Å²) in [6.45, 7) is 3.23. The highest BCUT2D eigenvalue weighted by Crippen LogP contribution is 2.28. The number of nitrogens with one attached hydrogen (secondary N) is 1. The van der Waals surface area contributed by atoms with Crippen molar-refractivity contribution < 1.29 is 14.3 Å². The van der Waals surface area contributed by atoms with Gasteiger partial charge in [-0.2, -0.15) is 0 Å². The van der Waals surface area contributed by atoms with Crippen molar-refractivity contribution in [3.8, 4) is 0 Å². The van der Waals surface area contributed by atoms with Gasteiger partial charge >= 0.3 is 0 Å². The van der Waals surface area contributed by atoms with Gasteiger partial charge in [-0.15, -0.1) is 0 Å². The Morgan fingerprint density at radius 3 is 2.61 bits per heavy atom. The van der Waals surface area contributed by atoms with E-state index < -0.39 is 6.10 Å². The standard InChI is InChI=1S/C25H28FN5O2/c1-17-3-2-4-23(28-17)30-24-16-27-15-21(29-24)18-11-13-31(14-12-18)25(33)10-9-22(32)19-5-7-20(26)8-6-19/h2-8,15-16,18,22,32H,9-14H2,1H3,(H,28,29,30)/t22-/m0/s1. The van der Waals surface area contributed by atoms with Crippen LogP contribution in [0.4, 0.5) is 16.0 Å². The maximum atomic E-state index is 13.0. The number of aliphatic hydroxyl groups excluding tert-OH is 1. The molecule has 1 aliphatic heterocycles. The number of aromatic nitrogens is 3. The lowest BCUT2D eigenvalue weighted by Crippen LogP contribution is -2.38. The summed E-state index contributed by atoms with van der Waals surface area (Å²) in [7, 11) is 0. The molecule has 0 radical (unpaired) electrons. The zero-order chi connectivity index (χ0) is 23.2. The lowest BCUT2D eigenvalue weighted by atomic mass is 9.93. The summed E-state index contributed by atoms with van der Waals surface area (Å²) >= 11 is 0. The van der Waals surface area contributed by atoms with Gasteiger partial charge in [-0.1, -0.05) is 18.2 Å². The number of benzene rings is 1. The Morgan fingerprint density at radius 1 is 1.12 bits per heavy atom. The van der Waals surface area contributed by atoms with Gasteiger partial charge in [0.25, 0.3) is 0 Å². The van der Waals surface area contributed by atoms with Gasteiger partial charge in [0.1, 0.15) is 17.5 Å². The first-order chi connectivity index (χ1) is 16.0. The fraction of sp³-hybridized carbons (Fsp3) is 0.360. The van der Waals surface area contributed by atoms with Gasteiger partial charge in [0.05, 0.1) is 18.0 Å². The van der Waals surface area contributed by atoms with Gasteiger partial charge in [-0.25, -0.2) is 14.4 Å².